The second-order valence-corrected chi connectivity index (χ2v) is 4.81. The molecule has 1 aliphatic carbocycles. The van der Waals surface area contributed by atoms with Gasteiger partial charge >= 0.3 is 0 Å². The van der Waals surface area contributed by atoms with Gasteiger partial charge in [-0.25, -0.2) is 0 Å². The summed E-state index contributed by atoms with van der Waals surface area (Å²) in [7, 11) is 0. The van der Waals surface area contributed by atoms with E-state index in [-0.39, 0.29) is 35.6 Å². The summed E-state index contributed by atoms with van der Waals surface area (Å²) in [6.07, 6.45) is 3.59. The van der Waals surface area contributed by atoms with Crippen LogP contribution < -0.4 is 5.73 Å². The van der Waals surface area contributed by atoms with E-state index in [4.69, 9.17) is 5.73 Å². The molecule has 2 rings (SSSR count). The Kier molecular flexibility index (Phi) is 4.43. The van der Waals surface area contributed by atoms with Crippen LogP contribution in [0.15, 0.2) is 0 Å². The molecule has 2 aliphatic rings. The molecule has 0 spiro atoms. The third-order valence-electron chi connectivity index (χ3n) is 2.89. The van der Waals surface area contributed by atoms with Crippen molar-refractivity contribution in [2.24, 2.45) is 5.73 Å². The first-order valence-corrected chi connectivity index (χ1v) is 5.91. The van der Waals surface area contributed by atoms with Crippen molar-refractivity contribution in [1.82, 2.24) is 4.90 Å². The Morgan fingerprint density at radius 2 is 1.80 bits per heavy atom. The molecular formula is C9H15ClN2O2S. The van der Waals surface area contributed by atoms with E-state index >= 15 is 0 Å². The summed E-state index contributed by atoms with van der Waals surface area (Å²) < 4.78 is 0. The number of imide groups is 1. The molecule has 1 heterocycles. The molecule has 86 valence electrons. The number of halogens is 1. The van der Waals surface area contributed by atoms with Gasteiger partial charge in [0.1, 0.15) is 0 Å². The lowest BCUT2D eigenvalue weighted by Crippen LogP contribution is -2.43. The zero-order valence-electron chi connectivity index (χ0n) is 8.35. The van der Waals surface area contributed by atoms with Crippen LogP contribution in [-0.2, 0) is 4.79 Å². The molecule has 1 aliphatic heterocycles. The van der Waals surface area contributed by atoms with Gasteiger partial charge in [0, 0.05) is 12.1 Å². The van der Waals surface area contributed by atoms with Gasteiger partial charge in [0.2, 0.25) is 5.91 Å². The molecule has 1 saturated heterocycles. The van der Waals surface area contributed by atoms with E-state index in [9.17, 15) is 9.59 Å². The fraction of sp³-hybridized carbons (Fsp3) is 0.778. The molecule has 0 unspecified atom stereocenters. The highest BCUT2D eigenvalue weighted by Crippen LogP contribution is 2.29. The molecule has 15 heavy (non-hydrogen) atoms. The lowest BCUT2D eigenvalue weighted by molar-refractivity contribution is -0.126. The van der Waals surface area contributed by atoms with Gasteiger partial charge in [0.25, 0.3) is 5.24 Å². The number of amides is 2. The SMILES string of the molecule is Cl.NC1CCC(N2C(=O)CSC2=O)CC1. The Bertz CT molecular complexity index is 251. The number of hydrogen-bond donors (Lipinski definition) is 1. The quantitative estimate of drug-likeness (QED) is 0.764. The minimum atomic E-state index is -0.0736. The zero-order valence-corrected chi connectivity index (χ0v) is 9.98. The maximum absolute atomic E-state index is 11.4. The highest BCUT2D eigenvalue weighted by atomic mass is 35.5. The summed E-state index contributed by atoms with van der Waals surface area (Å²) in [6.45, 7) is 0. The normalized spacial score (nSPS) is 31.7. The van der Waals surface area contributed by atoms with Crippen molar-refractivity contribution >= 4 is 35.3 Å². The molecule has 0 aromatic rings. The number of nitrogens with two attached hydrogens (primary N) is 1. The first-order valence-electron chi connectivity index (χ1n) is 4.93. The number of carbonyl (C=O) groups excluding carboxylic acids is 2. The van der Waals surface area contributed by atoms with Crippen LogP contribution in [0.1, 0.15) is 25.7 Å². The number of nitrogens with zero attached hydrogens (tertiary/aromatic N) is 1. The molecule has 0 aromatic heterocycles. The second kappa shape index (κ2) is 5.18. The molecule has 2 fully saturated rings. The smallest absolute Gasteiger partial charge is 0.289 e. The highest BCUT2D eigenvalue weighted by molar-refractivity contribution is 8.14. The van der Waals surface area contributed by atoms with Gasteiger partial charge in [-0.15, -0.1) is 12.4 Å². The van der Waals surface area contributed by atoms with Gasteiger partial charge in [-0.3, -0.25) is 14.5 Å². The first kappa shape index (κ1) is 12.8. The number of thioether (sulfide) groups is 1. The van der Waals surface area contributed by atoms with Crippen molar-refractivity contribution in [1.29, 1.82) is 0 Å². The van der Waals surface area contributed by atoms with Gasteiger partial charge in [-0.05, 0) is 25.7 Å². The van der Waals surface area contributed by atoms with Crippen LogP contribution in [0.25, 0.3) is 0 Å². The van der Waals surface area contributed by atoms with E-state index in [2.05, 4.69) is 0 Å². The van der Waals surface area contributed by atoms with Crippen LogP contribution in [-0.4, -0.2) is 33.9 Å². The molecule has 4 nitrogen and oxygen atoms in total. The van der Waals surface area contributed by atoms with E-state index in [1.807, 2.05) is 0 Å². The lowest BCUT2D eigenvalue weighted by Gasteiger charge is -2.31. The molecule has 0 bridgehead atoms. The van der Waals surface area contributed by atoms with Crippen LogP contribution in [0.5, 0.6) is 0 Å². The van der Waals surface area contributed by atoms with Crippen LogP contribution in [0.2, 0.25) is 0 Å². The van der Waals surface area contributed by atoms with E-state index in [1.165, 1.54) is 4.90 Å². The van der Waals surface area contributed by atoms with Crippen LogP contribution >= 0.6 is 24.2 Å². The number of carbonyl (C=O) groups is 2. The average molecular weight is 251 g/mol. The molecule has 0 radical (unpaired) electrons. The molecule has 0 atom stereocenters. The molecule has 1 saturated carbocycles. The fourth-order valence-electron chi connectivity index (χ4n) is 2.08. The number of rotatable bonds is 1. The van der Waals surface area contributed by atoms with Crippen molar-refractivity contribution < 1.29 is 9.59 Å². The lowest BCUT2D eigenvalue weighted by atomic mass is 9.91. The summed E-state index contributed by atoms with van der Waals surface area (Å²) in [5, 5.41) is -0.0736. The maximum atomic E-state index is 11.4. The van der Waals surface area contributed by atoms with Crippen molar-refractivity contribution in [3.63, 3.8) is 0 Å². The minimum absolute atomic E-state index is 0. The fourth-order valence-corrected chi connectivity index (χ4v) is 2.85. The van der Waals surface area contributed by atoms with Crippen LogP contribution in [0, 0.1) is 0 Å². The van der Waals surface area contributed by atoms with Crippen molar-refractivity contribution in [2.45, 2.75) is 37.8 Å². The summed E-state index contributed by atoms with van der Waals surface area (Å²) in [5.41, 5.74) is 5.77. The van der Waals surface area contributed by atoms with Gasteiger partial charge in [0.05, 0.1) is 5.75 Å². The Morgan fingerprint density at radius 1 is 1.20 bits per heavy atom. The van der Waals surface area contributed by atoms with Crippen molar-refractivity contribution in [2.75, 3.05) is 5.75 Å². The molecule has 2 N–H and O–H groups in total. The van der Waals surface area contributed by atoms with Gasteiger partial charge in [-0.1, -0.05) is 11.8 Å². The largest absolute Gasteiger partial charge is 0.328 e. The monoisotopic (exact) mass is 250 g/mol. The summed E-state index contributed by atoms with van der Waals surface area (Å²) >= 11 is 1.11. The Balaban J connectivity index is 0.00000112. The molecular weight excluding hydrogens is 236 g/mol. The van der Waals surface area contributed by atoms with Gasteiger partial charge in [-0.2, -0.15) is 0 Å². The van der Waals surface area contributed by atoms with E-state index in [1.54, 1.807) is 0 Å². The van der Waals surface area contributed by atoms with Crippen LogP contribution in [0.3, 0.4) is 0 Å². The average Bonchev–Trinajstić information content (AvgIpc) is 2.49. The Hall–Kier alpha value is -0.260. The second-order valence-electron chi connectivity index (χ2n) is 3.89. The summed E-state index contributed by atoms with van der Waals surface area (Å²) in [6, 6.07) is 0.372. The van der Waals surface area contributed by atoms with Crippen LogP contribution in [0.4, 0.5) is 4.79 Å². The summed E-state index contributed by atoms with van der Waals surface area (Å²) in [4.78, 5) is 24.3. The third kappa shape index (κ3) is 2.65. The van der Waals surface area contributed by atoms with E-state index < -0.39 is 0 Å². The predicted molar refractivity (Wildman–Crippen MR) is 62.2 cm³/mol. The molecule has 2 amide bonds. The Labute approximate surface area is 99.3 Å². The van der Waals surface area contributed by atoms with E-state index in [0.717, 1.165) is 37.4 Å². The van der Waals surface area contributed by atoms with Crippen molar-refractivity contribution in [3.8, 4) is 0 Å². The van der Waals surface area contributed by atoms with E-state index in [0.29, 0.717) is 5.75 Å². The standard InChI is InChI=1S/C9H14N2O2S.ClH/c10-6-1-3-7(4-2-6)11-8(12)5-14-9(11)13;/h6-7H,1-5,10H2;1H. The topological polar surface area (TPSA) is 63.4 Å². The van der Waals surface area contributed by atoms with Gasteiger partial charge in [0.15, 0.2) is 0 Å². The zero-order chi connectivity index (χ0) is 10.1. The minimum Gasteiger partial charge on any atom is -0.328 e. The predicted octanol–water partition coefficient (Wildman–Crippen LogP) is 1.37. The number of hydrogen-bond acceptors (Lipinski definition) is 4. The molecule has 0 aromatic carbocycles. The highest BCUT2D eigenvalue weighted by Gasteiger charge is 2.36. The maximum Gasteiger partial charge on any atom is 0.289 e. The molecule has 6 heteroatoms. The Morgan fingerprint density at radius 3 is 2.27 bits per heavy atom. The first-order chi connectivity index (χ1) is 6.68. The van der Waals surface area contributed by atoms with Gasteiger partial charge < -0.3 is 5.73 Å². The third-order valence-corrected chi connectivity index (χ3v) is 3.73. The summed E-state index contributed by atoms with van der Waals surface area (Å²) in [5.74, 6) is 0.293. The van der Waals surface area contributed by atoms with Crippen molar-refractivity contribution in [3.05, 3.63) is 0 Å².